The van der Waals surface area contributed by atoms with Crippen LogP contribution in [0.1, 0.15) is 0 Å². The number of hydrazine groups is 1. The zero-order chi connectivity index (χ0) is 11.4. The van der Waals surface area contributed by atoms with Gasteiger partial charge in [-0.3, -0.25) is 9.99 Å². The number of benzene rings is 1. The SMILES string of the molecule is CN(C)N(c1ccccc1)c1cccnc1. The number of hydrogen-bond donors (Lipinski definition) is 0. The molecule has 1 aromatic carbocycles. The van der Waals surface area contributed by atoms with Crippen molar-refractivity contribution < 1.29 is 0 Å². The fourth-order valence-corrected chi connectivity index (χ4v) is 1.66. The van der Waals surface area contributed by atoms with Gasteiger partial charge in [-0.2, -0.15) is 0 Å². The number of nitrogens with zero attached hydrogens (tertiary/aromatic N) is 3. The van der Waals surface area contributed by atoms with Crippen molar-refractivity contribution in [3.05, 3.63) is 54.9 Å². The Kier molecular flexibility index (Phi) is 3.17. The molecule has 0 unspecified atom stereocenters. The number of pyridine rings is 1. The molecule has 1 aromatic heterocycles. The number of anilines is 2. The quantitative estimate of drug-likeness (QED) is 0.731. The highest BCUT2D eigenvalue weighted by molar-refractivity contribution is 5.60. The van der Waals surface area contributed by atoms with Gasteiger partial charge in [0.05, 0.1) is 17.6 Å². The number of hydrogen-bond acceptors (Lipinski definition) is 3. The Morgan fingerprint density at radius 1 is 0.875 bits per heavy atom. The largest absolute Gasteiger partial charge is 0.273 e. The van der Waals surface area contributed by atoms with Crippen molar-refractivity contribution in [3.63, 3.8) is 0 Å². The van der Waals surface area contributed by atoms with Crippen molar-refractivity contribution in [2.45, 2.75) is 0 Å². The van der Waals surface area contributed by atoms with Gasteiger partial charge >= 0.3 is 0 Å². The van der Waals surface area contributed by atoms with Crippen molar-refractivity contribution >= 4 is 11.4 Å². The van der Waals surface area contributed by atoms with E-state index in [-0.39, 0.29) is 0 Å². The third-order valence-corrected chi connectivity index (χ3v) is 2.29. The van der Waals surface area contributed by atoms with E-state index in [9.17, 15) is 0 Å². The summed E-state index contributed by atoms with van der Waals surface area (Å²) in [5.74, 6) is 0. The summed E-state index contributed by atoms with van der Waals surface area (Å²) in [4.78, 5) is 4.15. The summed E-state index contributed by atoms with van der Waals surface area (Å²) in [6.45, 7) is 0. The second-order valence-electron chi connectivity index (χ2n) is 3.71. The summed E-state index contributed by atoms with van der Waals surface area (Å²) in [6, 6.07) is 14.2. The predicted molar refractivity (Wildman–Crippen MR) is 66.5 cm³/mol. The van der Waals surface area contributed by atoms with Crippen LogP contribution in [0, 0.1) is 0 Å². The van der Waals surface area contributed by atoms with Gasteiger partial charge in [0.25, 0.3) is 0 Å². The van der Waals surface area contributed by atoms with E-state index in [4.69, 9.17) is 0 Å². The van der Waals surface area contributed by atoms with Crippen LogP contribution in [0.25, 0.3) is 0 Å². The Morgan fingerprint density at radius 3 is 2.12 bits per heavy atom. The van der Waals surface area contributed by atoms with Crippen molar-refractivity contribution in [3.8, 4) is 0 Å². The summed E-state index contributed by atoms with van der Waals surface area (Å²) < 4.78 is 0. The average Bonchev–Trinajstić information content (AvgIpc) is 2.31. The molecule has 0 fully saturated rings. The molecule has 2 aromatic rings. The summed E-state index contributed by atoms with van der Waals surface area (Å²) >= 11 is 0. The van der Waals surface area contributed by atoms with E-state index in [1.54, 1.807) is 6.20 Å². The van der Waals surface area contributed by atoms with Gasteiger partial charge in [-0.05, 0) is 24.3 Å². The molecule has 0 N–H and O–H groups in total. The molecule has 0 amide bonds. The molecule has 0 aliphatic carbocycles. The highest BCUT2D eigenvalue weighted by Gasteiger charge is 2.10. The van der Waals surface area contributed by atoms with Crippen LogP contribution in [0.3, 0.4) is 0 Å². The molecule has 0 aliphatic rings. The molecule has 0 atom stereocenters. The van der Waals surface area contributed by atoms with Crippen LogP contribution in [0.2, 0.25) is 0 Å². The third kappa shape index (κ3) is 2.20. The van der Waals surface area contributed by atoms with Gasteiger partial charge in [0, 0.05) is 20.3 Å². The first-order valence-corrected chi connectivity index (χ1v) is 5.21. The Balaban J connectivity index is 2.40. The minimum absolute atomic E-state index is 1.05. The van der Waals surface area contributed by atoms with Crippen molar-refractivity contribution in [1.82, 2.24) is 9.99 Å². The first-order chi connectivity index (χ1) is 7.79. The molecular weight excluding hydrogens is 198 g/mol. The van der Waals surface area contributed by atoms with Gasteiger partial charge in [-0.1, -0.05) is 18.2 Å². The molecule has 0 bridgehead atoms. The molecule has 3 heteroatoms. The molecule has 0 saturated heterocycles. The van der Waals surface area contributed by atoms with Gasteiger partial charge in [-0.25, -0.2) is 5.01 Å². The minimum atomic E-state index is 1.05. The Hall–Kier alpha value is -1.87. The molecular formula is C13H15N3. The Labute approximate surface area is 95.9 Å². The predicted octanol–water partition coefficient (Wildman–Crippen LogP) is 2.70. The summed E-state index contributed by atoms with van der Waals surface area (Å²) in [6.07, 6.45) is 3.63. The number of aromatic nitrogens is 1. The molecule has 82 valence electrons. The lowest BCUT2D eigenvalue weighted by Gasteiger charge is -2.30. The van der Waals surface area contributed by atoms with E-state index in [0.717, 1.165) is 11.4 Å². The van der Waals surface area contributed by atoms with Gasteiger partial charge in [0.2, 0.25) is 0 Å². The maximum atomic E-state index is 4.15. The maximum Gasteiger partial charge on any atom is 0.0763 e. The number of para-hydroxylation sites is 1. The first kappa shape index (κ1) is 10.6. The van der Waals surface area contributed by atoms with E-state index in [1.807, 2.05) is 55.6 Å². The zero-order valence-electron chi connectivity index (χ0n) is 9.54. The first-order valence-electron chi connectivity index (χ1n) is 5.21. The topological polar surface area (TPSA) is 19.4 Å². The van der Waals surface area contributed by atoms with Gasteiger partial charge in [0.1, 0.15) is 0 Å². The van der Waals surface area contributed by atoms with Crippen molar-refractivity contribution in [2.75, 3.05) is 19.1 Å². The van der Waals surface area contributed by atoms with Gasteiger partial charge < -0.3 is 0 Å². The summed E-state index contributed by atoms with van der Waals surface area (Å²) in [5, 5.41) is 4.14. The highest BCUT2D eigenvalue weighted by Crippen LogP contribution is 2.24. The van der Waals surface area contributed by atoms with Crippen molar-refractivity contribution in [2.24, 2.45) is 0 Å². The van der Waals surface area contributed by atoms with E-state index >= 15 is 0 Å². The lowest BCUT2D eigenvalue weighted by atomic mass is 10.3. The molecule has 16 heavy (non-hydrogen) atoms. The normalized spacial score (nSPS) is 10.4. The summed E-state index contributed by atoms with van der Waals surface area (Å²) in [5.41, 5.74) is 2.18. The second kappa shape index (κ2) is 4.77. The lowest BCUT2D eigenvalue weighted by Crippen LogP contribution is -2.32. The van der Waals surface area contributed by atoms with Gasteiger partial charge in [-0.15, -0.1) is 0 Å². The monoisotopic (exact) mass is 213 g/mol. The Bertz CT molecular complexity index is 386. The smallest absolute Gasteiger partial charge is 0.0763 e. The van der Waals surface area contributed by atoms with Crippen LogP contribution in [0.15, 0.2) is 54.9 Å². The van der Waals surface area contributed by atoms with Crippen LogP contribution >= 0.6 is 0 Å². The van der Waals surface area contributed by atoms with E-state index in [1.165, 1.54) is 0 Å². The lowest BCUT2D eigenvalue weighted by molar-refractivity contribution is 0.417. The van der Waals surface area contributed by atoms with E-state index < -0.39 is 0 Å². The van der Waals surface area contributed by atoms with Crippen LogP contribution in [-0.2, 0) is 0 Å². The standard InChI is InChI=1S/C13H15N3/c1-15(2)16(12-7-4-3-5-8-12)13-9-6-10-14-11-13/h3-11H,1-2H3. The van der Waals surface area contributed by atoms with E-state index in [0.29, 0.717) is 0 Å². The Morgan fingerprint density at radius 2 is 1.56 bits per heavy atom. The molecule has 3 nitrogen and oxygen atoms in total. The van der Waals surface area contributed by atoms with Crippen LogP contribution in [-0.4, -0.2) is 24.1 Å². The zero-order valence-corrected chi connectivity index (χ0v) is 9.54. The third-order valence-electron chi connectivity index (χ3n) is 2.29. The second-order valence-corrected chi connectivity index (χ2v) is 3.71. The molecule has 1 heterocycles. The molecule has 0 radical (unpaired) electrons. The average molecular weight is 213 g/mol. The molecule has 0 aliphatic heterocycles. The van der Waals surface area contributed by atoms with Crippen LogP contribution in [0.5, 0.6) is 0 Å². The molecule has 0 saturated carbocycles. The fourth-order valence-electron chi connectivity index (χ4n) is 1.66. The fraction of sp³-hybridized carbons (Fsp3) is 0.154. The molecule has 0 spiro atoms. The highest BCUT2D eigenvalue weighted by atomic mass is 15.6. The van der Waals surface area contributed by atoms with Crippen LogP contribution < -0.4 is 5.01 Å². The summed E-state index contributed by atoms with van der Waals surface area (Å²) in [7, 11) is 4.03. The number of rotatable bonds is 3. The minimum Gasteiger partial charge on any atom is -0.273 e. The van der Waals surface area contributed by atoms with Gasteiger partial charge in [0.15, 0.2) is 0 Å². The van der Waals surface area contributed by atoms with E-state index in [2.05, 4.69) is 22.1 Å². The van der Waals surface area contributed by atoms with Crippen molar-refractivity contribution in [1.29, 1.82) is 0 Å². The van der Waals surface area contributed by atoms with Crippen LogP contribution in [0.4, 0.5) is 11.4 Å². The maximum absolute atomic E-state index is 4.15. The molecule has 2 rings (SSSR count).